The summed E-state index contributed by atoms with van der Waals surface area (Å²) in [6.45, 7) is 0. The van der Waals surface area contributed by atoms with Crippen LogP contribution < -0.4 is 11.1 Å². The first-order valence-corrected chi connectivity index (χ1v) is 6.22. The van der Waals surface area contributed by atoms with Gasteiger partial charge >= 0.3 is 0 Å². The van der Waals surface area contributed by atoms with E-state index < -0.39 is 0 Å². The highest BCUT2D eigenvalue weighted by Crippen LogP contribution is 2.20. The molecule has 1 saturated carbocycles. The highest BCUT2D eigenvalue weighted by atomic mass is 32.1. The number of hydrogen-bond donors (Lipinski definition) is 2. The van der Waals surface area contributed by atoms with Crippen LogP contribution in [0.5, 0.6) is 0 Å². The summed E-state index contributed by atoms with van der Waals surface area (Å²) in [4.78, 5) is 8.56. The number of aromatic nitrogens is 1. The fourth-order valence-corrected chi connectivity index (χ4v) is 2.34. The third-order valence-corrected chi connectivity index (χ3v) is 3.36. The maximum atomic E-state index is 5.51. The molecule has 1 fully saturated rings. The predicted octanol–water partition coefficient (Wildman–Crippen LogP) is 2.50. The predicted molar refractivity (Wildman–Crippen MR) is 65.5 cm³/mol. The van der Waals surface area contributed by atoms with Crippen molar-refractivity contribution in [2.75, 3.05) is 11.1 Å². The Hall–Kier alpha value is -1.10. The zero-order valence-corrected chi connectivity index (χ0v) is 9.46. The molecule has 1 aliphatic carbocycles. The largest absolute Gasteiger partial charge is 0.383 e. The molecule has 1 aromatic rings. The molecule has 0 unspecified atom stereocenters. The zero-order valence-electron chi connectivity index (χ0n) is 8.65. The summed E-state index contributed by atoms with van der Waals surface area (Å²) in [5.74, 6) is 0.563. The summed E-state index contributed by atoms with van der Waals surface area (Å²) < 4.78 is 0. The molecule has 1 heterocycles. The molecule has 0 amide bonds. The maximum Gasteiger partial charge on any atom is 0.189 e. The number of thiazole rings is 1. The van der Waals surface area contributed by atoms with Crippen molar-refractivity contribution in [1.82, 2.24) is 4.98 Å². The molecule has 0 saturated heterocycles. The topological polar surface area (TPSA) is 63.3 Å². The molecule has 5 heteroatoms. The van der Waals surface area contributed by atoms with E-state index >= 15 is 0 Å². The van der Waals surface area contributed by atoms with E-state index in [1.165, 1.54) is 43.4 Å². The highest BCUT2D eigenvalue weighted by Gasteiger charge is 2.10. The minimum Gasteiger partial charge on any atom is -0.383 e. The lowest BCUT2D eigenvalue weighted by Crippen LogP contribution is -2.11. The number of nitrogens with two attached hydrogens (primary N) is 1. The van der Waals surface area contributed by atoms with Gasteiger partial charge in [0, 0.05) is 5.38 Å². The first kappa shape index (κ1) is 10.4. The lowest BCUT2D eigenvalue weighted by Gasteiger charge is -2.16. The Morgan fingerprint density at radius 1 is 1.47 bits per heavy atom. The van der Waals surface area contributed by atoms with Gasteiger partial charge in [0.25, 0.3) is 0 Å². The number of nitrogens with zero attached hydrogens (tertiary/aromatic N) is 2. The van der Waals surface area contributed by atoms with Gasteiger partial charge in [0.15, 0.2) is 5.13 Å². The molecule has 0 atom stereocenters. The summed E-state index contributed by atoms with van der Waals surface area (Å²) in [5, 5.41) is 5.68. The summed E-state index contributed by atoms with van der Waals surface area (Å²) >= 11 is 1.50. The van der Waals surface area contributed by atoms with Gasteiger partial charge in [-0.15, -0.1) is 11.3 Å². The first-order chi connectivity index (χ1) is 7.34. The van der Waals surface area contributed by atoms with Crippen LogP contribution in [0, 0.1) is 0 Å². The molecule has 0 aromatic carbocycles. The van der Waals surface area contributed by atoms with Crippen LogP contribution >= 0.6 is 11.3 Å². The minimum absolute atomic E-state index is 0.503. The quantitative estimate of drug-likeness (QED) is 0.612. The van der Waals surface area contributed by atoms with Crippen molar-refractivity contribution in [3.8, 4) is 0 Å². The van der Waals surface area contributed by atoms with Crippen molar-refractivity contribution in [3.63, 3.8) is 0 Å². The standard InChI is InChI=1S/C10H16N4S/c11-9-6-15-10(14-9)13-7-12-8-4-2-1-3-5-8/h6-8H,1-5,11H2,(H,12,13,14). The average Bonchev–Trinajstić information content (AvgIpc) is 2.66. The molecule has 0 aliphatic heterocycles. The first-order valence-electron chi connectivity index (χ1n) is 5.34. The fraction of sp³-hybridized carbons (Fsp3) is 0.600. The van der Waals surface area contributed by atoms with E-state index in [0.717, 1.165) is 5.13 Å². The molecule has 1 aliphatic rings. The molecular formula is C10H16N4S. The molecule has 2 rings (SSSR count). The summed E-state index contributed by atoms with van der Waals surface area (Å²) in [5.41, 5.74) is 5.51. The third kappa shape index (κ3) is 3.20. The smallest absolute Gasteiger partial charge is 0.189 e. The van der Waals surface area contributed by atoms with Gasteiger partial charge in [0.05, 0.1) is 12.4 Å². The summed E-state index contributed by atoms with van der Waals surface area (Å²) in [6.07, 6.45) is 8.19. The molecule has 0 bridgehead atoms. The van der Waals surface area contributed by atoms with Gasteiger partial charge in [0.1, 0.15) is 5.82 Å². The van der Waals surface area contributed by atoms with Gasteiger partial charge in [-0.25, -0.2) is 4.98 Å². The maximum absolute atomic E-state index is 5.51. The Morgan fingerprint density at radius 3 is 2.93 bits per heavy atom. The van der Waals surface area contributed by atoms with Gasteiger partial charge in [-0.05, 0) is 12.8 Å². The Labute approximate surface area is 93.6 Å². The van der Waals surface area contributed by atoms with Crippen LogP contribution in [0.3, 0.4) is 0 Å². The highest BCUT2D eigenvalue weighted by molar-refractivity contribution is 7.14. The number of aliphatic imine (C=N–C) groups is 1. The van der Waals surface area contributed by atoms with Crippen LogP contribution in [-0.2, 0) is 0 Å². The van der Waals surface area contributed by atoms with Crippen molar-refractivity contribution in [2.45, 2.75) is 38.1 Å². The number of rotatable bonds is 3. The summed E-state index contributed by atoms with van der Waals surface area (Å²) in [7, 11) is 0. The van der Waals surface area contributed by atoms with Gasteiger partial charge in [-0.2, -0.15) is 0 Å². The number of nitrogens with one attached hydrogen (secondary N) is 1. The van der Waals surface area contributed by atoms with Crippen molar-refractivity contribution in [3.05, 3.63) is 5.38 Å². The minimum atomic E-state index is 0.503. The van der Waals surface area contributed by atoms with Gasteiger partial charge in [0.2, 0.25) is 0 Å². The molecule has 0 radical (unpaired) electrons. The molecular weight excluding hydrogens is 208 g/mol. The monoisotopic (exact) mass is 224 g/mol. The van der Waals surface area contributed by atoms with Gasteiger partial charge in [-0.1, -0.05) is 19.3 Å². The van der Waals surface area contributed by atoms with Crippen LogP contribution in [0.1, 0.15) is 32.1 Å². The molecule has 1 aromatic heterocycles. The van der Waals surface area contributed by atoms with Crippen LogP contribution in [0.15, 0.2) is 10.4 Å². The molecule has 15 heavy (non-hydrogen) atoms. The van der Waals surface area contributed by atoms with Crippen molar-refractivity contribution >= 4 is 28.6 Å². The number of hydrogen-bond acceptors (Lipinski definition) is 4. The van der Waals surface area contributed by atoms with Crippen LogP contribution in [0.25, 0.3) is 0 Å². The SMILES string of the molecule is Nc1csc(NC=NC2CCCCC2)n1. The van der Waals surface area contributed by atoms with E-state index in [1.54, 1.807) is 6.34 Å². The molecule has 0 spiro atoms. The lowest BCUT2D eigenvalue weighted by molar-refractivity contribution is 0.444. The van der Waals surface area contributed by atoms with Crippen LogP contribution in [0.2, 0.25) is 0 Å². The van der Waals surface area contributed by atoms with Gasteiger partial charge < -0.3 is 11.1 Å². The Bertz CT molecular complexity index is 328. The number of nitrogen functional groups attached to an aromatic ring is 1. The number of anilines is 2. The van der Waals surface area contributed by atoms with Crippen molar-refractivity contribution in [2.24, 2.45) is 4.99 Å². The van der Waals surface area contributed by atoms with E-state index in [4.69, 9.17) is 5.73 Å². The van der Waals surface area contributed by atoms with Crippen molar-refractivity contribution < 1.29 is 0 Å². The zero-order chi connectivity index (χ0) is 10.5. The van der Waals surface area contributed by atoms with Crippen LogP contribution in [0.4, 0.5) is 10.9 Å². The molecule has 82 valence electrons. The normalized spacial score (nSPS) is 18.4. The second kappa shape index (κ2) is 5.11. The fourth-order valence-electron chi connectivity index (χ4n) is 1.78. The lowest BCUT2D eigenvalue weighted by atomic mass is 9.96. The molecule has 3 N–H and O–H groups in total. The van der Waals surface area contributed by atoms with E-state index in [9.17, 15) is 0 Å². The Kier molecular flexibility index (Phi) is 3.55. The second-order valence-electron chi connectivity index (χ2n) is 3.79. The van der Waals surface area contributed by atoms with Gasteiger partial charge in [-0.3, -0.25) is 4.99 Å². The second-order valence-corrected chi connectivity index (χ2v) is 4.65. The molecule has 4 nitrogen and oxygen atoms in total. The van der Waals surface area contributed by atoms with E-state index in [0.29, 0.717) is 11.9 Å². The third-order valence-electron chi connectivity index (χ3n) is 2.57. The van der Waals surface area contributed by atoms with E-state index in [2.05, 4.69) is 15.3 Å². The van der Waals surface area contributed by atoms with Crippen molar-refractivity contribution in [1.29, 1.82) is 0 Å². The average molecular weight is 224 g/mol. The Balaban J connectivity index is 1.79. The van der Waals surface area contributed by atoms with E-state index in [-0.39, 0.29) is 0 Å². The summed E-state index contributed by atoms with van der Waals surface area (Å²) in [6, 6.07) is 0.503. The van der Waals surface area contributed by atoms with Crippen LogP contribution in [-0.4, -0.2) is 17.4 Å². The Morgan fingerprint density at radius 2 is 2.27 bits per heavy atom. The van der Waals surface area contributed by atoms with E-state index in [1.807, 2.05) is 5.38 Å².